The van der Waals surface area contributed by atoms with Crippen LogP contribution in [0.15, 0.2) is 52.2 Å². The van der Waals surface area contributed by atoms with Gasteiger partial charge in [-0.05, 0) is 56.8 Å². The number of benzene rings is 2. The van der Waals surface area contributed by atoms with Crippen molar-refractivity contribution in [3.63, 3.8) is 0 Å². The lowest BCUT2D eigenvalue weighted by atomic mass is 10.1. The third-order valence-corrected chi connectivity index (χ3v) is 6.55. The minimum absolute atomic E-state index is 0.134. The van der Waals surface area contributed by atoms with Crippen LogP contribution in [0.4, 0.5) is 0 Å². The minimum Gasteiger partial charge on any atom is -0.501 e. The highest BCUT2D eigenvalue weighted by Crippen LogP contribution is 2.26. The van der Waals surface area contributed by atoms with Crippen molar-refractivity contribution in [2.24, 2.45) is 7.05 Å². The number of hydrogen-bond donors (Lipinski definition) is 2. The molecule has 1 atom stereocenters. The standard InChI is InChI=1S/C23H26N4O4S/c1-14-10-11-16(12-15(14)2)13-24-22(29)19-20(28)23(30)27(5)21(25-19)17-8-6-7-9-18(17)32(31)26(3)4/h6-12,28H,13H2,1-5H3,(H,24,29). The summed E-state index contributed by atoms with van der Waals surface area (Å²) in [6, 6.07) is 12.6. The number of carbonyl (C=O) groups is 1. The van der Waals surface area contributed by atoms with Gasteiger partial charge in [0.15, 0.2) is 5.69 Å². The number of nitrogens with one attached hydrogen (secondary N) is 1. The van der Waals surface area contributed by atoms with Crippen molar-refractivity contribution >= 4 is 16.9 Å². The van der Waals surface area contributed by atoms with Crippen molar-refractivity contribution < 1.29 is 14.1 Å². The highest BCUT2D eigenvalue weighted by molar-refractivity contribution is 7.82. The molecular weight excluding hydrogens is 428 g/mol. The third kappa shape index (κ3) is 4.63. The maximum absolute atomic E-state index is 12.8. The zero-order valence-electron chi connectivity index (χ0n) is 18.7. The summed E-state index contributed by atoms with van der Waals surface area (Å²) < 4.78 is 15.4. The van der Waals surface area contributed by atoms with Crippen LogP contribution < -0.4 is 10.9 Å². The number of amides is 1. The second kappa shape index (κ2) is 9.46. The Hall–Kier alpha value is -3.30. The highest BCUT2D eigenvalue weighted by Gasteiger charge is 2.23. The summed E-state index contributed by atoms with van der Waals surface area (Å²) in [5, 5.41) is 13.0. The Morgan fingerprint density at radius 1 is 1.16 bits per heavy atom. The largest absolute Gasteiger partial charge is 0.501 e. The van der Waals surface area contributed by atoms with Gasteiger partial charge in [-0.2, -0.15) is 0 Å². The predicted octanol–water partition coefficient (Wildman–Crippen LogP) is 2.28. The lowest BCUT2D eigenvalue weighted by Crippen LogP contribution is -2.29. The van der Waals surface area contributed by atoms with Gasteiger partial charge in [-0.1, -0.05) is 30.3 Å². The molecule has 32 heavy (non-hydrogen) atoms. The molecule has 0 fully saturated rings. The highest BCUT2D eigenvalue weighted by atomic mass is 32.2. The second-order valence-corrected chi connectivity index (χ2v) is 9.32. The van der Waals surface area contributed by atoms with Crippen LogP contribution >= 0.6 is 0 Å². The van der Waals surface area contributed by atoms with Gasteiger partial charge in [0, 0.05) is 19.2 Å². The van der Waals surface area contributed by atoms with E-state index in [4.69, 9.17) is 0 Å². The maximum Gasteiger partial charge on any atom is 0.296 e. The molecule has 8 nitrogen and oxygen atoms in total. The molecule has 1 amide bonds. The van der Waals surface area contributed by atoms with Crippen LogP contribution in [-0.4, -0.2) is 43.2 Å². The van der Waals surface area contributed by atoms with Gasteiger partial charge in [0.1, 0.15) is 16.8 Å². The van der Waals surface area contributed by atoms with E-state index in [0.29, 0.717) is 10.5 Å². The third-order valence-electron chi connectivity index (χ3n) is 5.15. The zero-order chi connectivity index (χ0) is 23.6. The number of nitrogens with zero attached hydrogens (tertiary/aromatic N) is 3. The first-order valence-electron chi connectivity index (χ1n) is 9.94. The van der Waals surface area contributed by atoms with E-state index in [9.17, 15) is 18.9 Å². The van der Waals surface area contributed by atoms with Crippen molar-refractivity contribution in [1.29, 1.82) is 0 Å². The van der Waals surface area contributed by atoms with Crippen LogP contribution in [-0.2, 0) is 24.6 Å². The van der Waals surface area contributed by atoms with Crippen LogP contribution in [0.2, 0.25) is 0 Å². The molecule has 1 heterocycles. The average Bonchev–Trinajstić information content (AvgIpc) is 2.77. The molecule has 0 aliphatic rings. The lowest BCUT2D eigenvalue weighted by Gasteiger charge is -2.16. The normalized spacial score (nSPS) is 12.1. The Bertz CT molecular complexity index is 1270. The minimum atomic E-state index is -1.50. The Labute approximate surface area is 189 Å². The number of aromatic nitrogens is 2. The van der Waals surface area contributed by atoms with Gasteiger partial charge < -0.3 is 10.4 Å². The Morgan fingerprint density at radius 3 is 2.50 bits per heavy atom. The molecule has 1 unspecified atom stereocenters. The molecule has 3 rings (SSSR count). The molecule has 0 spiro atoms. The van der Waals surface area contributed by atoms with E-state index in [-0.39, 0.29) is 18.1 Å². The summed E-state index contributed by atoms with van der Waals surface area (Å²) in [4.78, 5) is 30.2. The van der Waals surface area contributed by atoms with E-state index in [1.165, 1.54) is 11.4 Å². The van der Waals surface area contributed by atoms with Crippen molar-refractivity contribution in [2.45, 2.75) is 25.3 Å². The van der Waals surface area contributed by atoms with E-state index in [0.717, 1.165) is 21.3 Å². The van der Waals surface area contributed by atoms with Crippen molar-refractivity contribution in [3.05, 3.63) is 75.2 Å². The number of carbonyl (C=O) groups excluding carboxylic acids is 1. The van der Waals surface area contributed by atoms with E-state index in [1.54, 1.807) is 38.4 Å². The number of rotatable bonds is 6. The van der Waals surface area contributed by atoms with Crippen LogP contribution in [0.3, 0.4) is 0 Å². The maximum atomic E-state index is 12.8. The molecular formula is C23H26N4O4S. The van der Waals surface area contributed by atoms with Gasteiger partial charge in [0.2, 0.25) is 5.75 Å². The molecule has 2 aromatic carbocycles. The van der Waals surface area contributed by atoms with E-state index in [1.807, 2.05) is 32.0 Å². The monoisotopic (exact) mass is 454 g/mol. The molecule has 168 valence electrons. The number of aryl methyl sites for hydroxylation is 2. The summed E-state index contributed by atoms with van der Waals surface area (Å²) in [6.07, 6.45) is 0. The fraction of sp³-hybridized carbons (Fsp3) is 0.261. The Balaban J connectivity index is 2.01. The molecule has 0 aliphatic carbocycles. The predicted molar refractivity (Wildman–Crippen MR) is 124 cm³/mol. The molecule has 0 radical (unpaired) electrons. The van der Waals surface area contributed by atoms with Gasteiger partial charge in [-0.25, -0.2) is 13.5 Å². The topological polar surface area (TPSA) is 105 Å². The van der Waals surface area contributed by atoms with Crippen LogP contribution in [0.25, 0.3) is 11.4 Å². The first-order chi connectivity index (χ1) is 15.1. The number of aromatic hydroxyl groups is 1. The van der Waals surface area contributed by atoms with Gasteiger partial charge in [0.05, 0.1) is 4.90 Å². The molecule has 0 bridgehead atoms. The summed E-state index contributed by atoms with van der Waals surface area (Å²) in [5.41, 5.74) is 2.41. The van der Waals surface area contributed by atoms with Gasteiger partial charge >= 0.3 is 0 Å². The summed E-state index contributed by atoms with van der Waals surface area (Å²) in [5.74, 6) is -1.28. The van der Waals surface area contributed by atoms with Gasteiger partial charge in [0.25, 0.3) is 11.5 Å². The molecule has 0 saturated heterocycles. The SMILES string of the molecule is Cc1ccc(CNC(=O)c2nc(-c3ccccc3S(=O)N(C)C)n(C)c(=O)c2O)cc1C. The summed E-state index contributed by atoms with van der Waals surface area (Å²) in [7, 11) is 3.28. The quantitative estimate of drug-likeness (QED) is 0.595. The fourth-order valence-corrected chi connectivity index (χ4v) is 4.11. The van der Waals surface area contributed by atoms with E-state index >= 15 is 0 Å². The first-order valence-corrected chi connectivity index (χ1v) is 11.1. The Morgan fingerprint density at radius 2 is 1.84 bits per heavy atom. The molecule has 0 aliphatic heterocycles. The van der Waals surface area contributed by atoms with Crippen LogP contribution in [0.1, 0.15) is 27.2 Å². The van der Waals surface area contributed by atoms with Crippen molar-refractivity contribution in [2.75, 3.05) is 14.1 Å². The lowest BCUT2D eigenvalue weighted by molar-refractivity contribution is 0.0942. The smallest absolute Gasteiger partial charge is 0.296 e. The van der Waals surface area contributed by atoms with E-state index in [2.05, 4.69) is 10.3 Å². The molecule has 2 N–H and O–H groups in total. The van der Waals surface area contributed by atoms with E-state index < -0.39 is 28.2 Å². The van der Waals surface area contributed by atoms with Crippen LogP contribution in [0.5, 0.6) is 5.75 Å². The molecule has 1 aromatic heterocycles. The molecule has 9 heteroatoms. The van der Waals surface area contributed by atoms with Gasteiger partial charge in [-0.15, -0.1) is 0 Å². The second-order valence-electron chi connectivity index (χ2n) is 7.66. The molecule has 3 aromatic rings. The van der Waals surface area contributed by atoms with Gasteiger partial charge in [-0.3, -0.25) is 14.2 Å². The van der Waals surface area contributed by atoms with Crippen molar-refractivity contribution in [1.82, 2.24) is 19.2 Å². The molecule has 0 saturated carbocycles. The number of hydrogen-bond acceptors (Lipinski definition) is 5. The Kier molecular flexibility index (Phi) is 6.90. The van der Waals surface area contributed by atoms with Crippen LogP contribution in [0, 0.1) is 13.8 Å². The van der Waals surface area contributed by atoms with Crippen molar-refractivity contribution in [3.8, 4) is 17.1 Å². The first kappa shape index (κ1) is 23.4. The summed E-state index contributed by atoms with van der Waals surface area (Å²) >= 11 is 0. The zero-order valence-corrected chi connectivity index (χ0v) is 19.5. The fourth-order valence-electron chi connectivity index (χ4n) is 3.17. The average molecular weight is 455 g/mol. The summed E-state index contributed by atoms with van der Waals surface area (Å²) in [6.45, 7) is 4.20.